The summed E-state index contributed by atoms with van der Waals surface area (Å²) in [4.78, 5) is 3.05. The van der Waals surface area contributed by atoms with Crippen LogP contribution in [-0.2, 0) is 4.74 Å². The molecule has 0 bridgehead atoms. The Bertz CT molecular complexity index is 249. The topological polar surface area (TPSA) is 57.3 Å². The van der Waals surface area contributed by atoms with Crippen LogP contribution in [0.3, 0.4) is 0 Å². The highest BCUT2D eigenvalue weighted by atomic mass is 16.5. The molecule has 3 N–H and O–H groups in total. The Morgan fingerprint density at radius 1 is 1.62 bits per heavy atom. The largest absolute Gasteiger partial charge is 0.396 e. The van der Waals surface area contributed by atoms with Crippen molar-refractivity contribution in [2.75, 3.05) is 31.7 Å². The van der Waals surface area contributed by atoms with E-state index in [1.807, 2.05) is 18.3 Å². The second-order valence-corrected chi connectivity index (χ2v) is 3.59. The molecule has 0 aromatic carbocycles. The SMILES string of the molecule is OCC1(CNc2ccc[nH]2)COC1. The summed E-state index contributed by atoms with van der Waals surface area (Å²) in [7, 11) is 0. The minimum atomic E-state index is -0.0644. The number of ether oxygens (including phenoxy) is 1. The normalized spacial score (nSPS) is 19.5. The molecule has 0 saturated carbocycles. The van der Waals surface area contributed by atoms with Crippen LogP contribution in [0.2, 0.25) is 0 Å². The zero-order chi connectivity index (χ0) is 9.15. The van der Waals surface area contributed by atoms with Crippen molar-refractivity contribution in [3.05, 3.63) is 18.3 Å². The summed E-state index contributed by atoms with van der Waals surface area (Å²) in [6.45, 7) is 2.24. The first-order chi connectivity index (χ1) is 6.35. The number of anilines is 1. The average Bonchev–Trinajstić information content (AvgIpc) is 2.56. The third-order valence-corrected chi connectivity index (χ3v) is 2.40. The van der Waals surface area contributed by atoms with E-state index in [0.717, 1.165) is 12.4 Å². The highest BCUT2D eigenvalue weighted by Crippen LogP contribution is 2.26. The number of hydrogen-bond donors (Lipinski definition) is 3. The summed E-state index contributed by atoms with van der Waals surface area (Å²) in [6.07, 6.45) is 1.87. The summed E-state index contributed by atoms with van der Waals surface area (Å²) in [5.41, 5.74) is -0.0644. The molecule has 0 unspecified atom stereocenters. The Balaban J connectivity index is 1.84. The van der Waals surface area contributed by atoms with Gasteiger partial charge in [-0.25, -0.2) is 0 Å². The third kappa shape index (κ3) is 1.68. The molecule has 1 aromatic rings. The van der Waals surface area contributed by atoms with Crippen molar-refractivity contribution in [2.24, 2.45) is 5.41 Å². The van der Waals surface area contributed by atoms with Gasteiger partial charge in [0.15, 0.2) is 0 Å². The molecule has 72 valence electrons. The quantitative estimate of drug-likeness (QED) is 0.633. The molecule has 4 heteroatoms. The van der Waals surface area contributed by atoms with Crippen LogP contribution in [0, 0.1) is 5.41 Å². The second-order valence-electron chi connectivity index (χ2n) is 3.59. The number of aromatic nitrogens is 1. The lowest BCUT2D eigenvalue weighted by atomic mass is 9.87. The number of H-pyrrole nitrogens is 1. The fourth-order valence-corrected chi connectivity index (χ4v) is 1.36. The van der Waals surface area contributed by atoms with E-state index in [1.165, 1.54) is 0 Å². The van der Waals surface area contributed by atoms with Crippen molar-refractivity contribution >= 4 is 5.82 Å². The molecular weight excluding hydrogens is 168 g/mol. The van der Waals surface area contributed by atoms with Crippen molar-refractivity contribution in [1.29, 1.82) is 0 Å². The van der Waals surface area contributed by atoms with Gasteiger partial charge in [-0.3, -0.25) is 0 Å². The van der Waals surface area contributed by atoms with Crippen LogP contribution in [0.5, 0.6) is 0 Å². The zero-order valence-corrected chi connectivity index (χ0v) is 7.42. The van der Waals surface area contributed by atoms with Crippen LogP contribution >= 0.6 is 0 Å². The van der Waals surface area contributed by atoms with Crippen LogP contribution in [-0.4, -0.2) is 36.5 Å². The highest BCUT2D eigenvalue weighted by molar-refractivity contribution is 5.34. The highest BCUT2D eigenvalue weighted by Gasteiger charge is 2.37. The van der Waals surface area contributed by atoms with Gasteiger partial charge in [0.2, 0.25) is 0 Å². The molecule has 1 aliphatic heterocycles. The number of aliphatic hydroxyl groups is 1. The summed E-state index contributed by atoms with van der Waals surface area (Å²) in [5.74, 6) is 0.986. The lowest BCUT2D eigenvalue weighted by Crippen LogP contribution is -2.50. The van der Waals surface area contributed by atoms with E-state index in [0.29, 0.717) is 13.2 Å². The van der Waals surface area contributed by atoms with Crippen molar-refractivity contribution in [3.8, 4) is 0 Å². The van der Waals surface area contributed by atoms with E-state index in [-0.39, 0.29) is 12.0 Å². The number of rotatable bonds is 4. The molecule has 0 spiro atoms. The Hall–Kier alpha value is -1.00. The zero-order valence-electron chi connectivity index (χ0n) is 7.42. The summed E-state index contributed by atoms with van der Waals surface area (Å²) < 4.78 is 5.09. The molecule has 4 nitrogen and oxygen atoms in total. The van der Waals surface area contributed by atoms with Crippen molar-refractivity contribution in [2.45, 2.75) is 0 Å². The van der Waals surface area contributed by atoms with Gasteiger partial charge in [0.25, 0.3) is 0 Å². The maximum absolute atomic E-state index is 9.13. The molecule has 0 atom stereocenters. The lowest BCUT2D eigenvalue weighted by molar-refractivity contribution is -0.128. The Morgan fingerprint density at radius 2 is 2.46 bits per heavy atom. The van der Waals surface area contributed by atoms with Gasteiger partial charge < -0.3 is 20.1 Å². The number of nitrogens with one attached hydrogen (secondary N) is 2. The average molecular weight is 182 g/mol. The fourth-order valence-electron chi connectivity index (χ4n) is 1.36. The molecule has 2 heterocycles. The first-order valence-corrected chi connectivity index (χ1v) is 4.41. The smallest absolute Gasteiger partial charge is 0.103 e. The Labute approximate surface area is 76.9 Å². The number of aliphatic hydroxyl groups excluding tert-OH is 1. The minimum absolute atomic E-state index is 0.0644. The molecule has 0 radical (unpaired) electrons. The van der Waals surface area contributed by atoms with Gasteiger partial charge >= 0.3 is 0 Å². The van der Waals surface area contributed by atoms with Gasteiger partial charge in [-0.1, -0.05) is 0 Å². The predicted octanol–water partition coefficient (Wildman–Crippen LogP) is 0.435. The minimum Gasteiger partial charge on any atom is -0.396 e. The van der Waals surface area contributed by atoms with Crippen molar-refractivity contribution < 1.29 is 9.84 Å². The van der Waals surface area contributed by atoms with Crippen LogP contribution in [0.15, 0.2) is 18.3 Å². The van der Waals surface area contributed by atoms with Crippen LogP contribution < -0.4 is 5.32 Å². The lowest BCUT2D eigenvalue weighted by Gasteiger charge is -2.39. The third-order valence-electron chi connectivity index (χ3n) is 2.40. The van der Waals surface area contributed by atoms with E-state index < -0.39 is 0 Å². The monoisotopic (exact) mass is 182 g/mol. The molecule has 1 aliphatic rings. The molecule has 13 heavy (non-hydrogen) atoms. The van der Waals surface area contributed by atoms with Crippen LogP contribution in [0.25, 0.3) is 0 Å². The van der Waals surface area contributed by atoms with Crippen molar-refractivity contribution in [1.82, 2.24) is 4.98 Å². The molecule has 0 amide bonds. The van der Waals surface area contributed by atoms with E-state index in [9.17, 15) is 0 Å². The molecule has 1 fully saturated rings. The van der Waals surface area contributed by atoms with Crippen molar-refractivity contribution in [3.63, 3.8) is 0 Å². The Kier molecular flexibility index (Phi) is 2.24. The van der Waals surface area contributed by atoms with E-state index >= 15 is 0 Å². The molecule has 2 rings (SSSR count). The van der Waals surface area contributed by atoms with E-state index in [1.54, 1.807) is 0 Å². The molecule has 0 aliphatic carbocycles. The maximum atomic E-state index is 9.13. The maximum Gasteiger partial charge on any atom is 0.103 e. The first kappa shape index (κ1) is 8.59. The van der Waals surface area contributed by atoms with E-state index in [2.05, 4.69) is 10.3 Å². The van der Waals surface area contributed by atoms with Crippen LogP contribution in [0.1, 0.15) is 0 Å². The van der Waals surface area contributed by atoms with Gasteiger partial charge in [0, 0.05) is 12.7 Å². The fraction of sp³-hybridized carbons (Fsp3) is 0.556. The first-order valence-electron chi connectivity index (χ1n) is 4.41. The number of hydrogen-bond acceptors (Lipinski definition) is 3. The van der Waals surface area contributed by atoms with Gasteiger partial charge in [-0.05, 0) is 12.1 Å². The van der Waals surface area contributed by atoms with Gasteiger partial charge in [-0.15, -0.1) is 0 Å². The van der Waals surface area contributed by atoms with Gasteiger partial charge in [0.1, 0.15) is 5.82 Å². The molecular formula is C9H14N2O2. The van der Waals surface area contributed by atoms with Gasteiger partial charge in [-0.2, -0.15) is 0 Å². The predicted molar refractivity (Wildman–Crippen MR) is 49.6 cm³/mol. The number of aromatic amines is 1. The molecule has 1 aromatic heterocycles. The standard InChI is InChI=1S/C9H14N2O2/c12-5-9(6-13-7-9)4-11-8-2-1-3-10-8/h1-3,10-12H,4-7H2. The molecule has 1 saturated heterocycles. The van der Waals surface area contributed by atoms with E-state index in [4.69, 9.17) is 9.84 Å². The summed E-state index contributed by atoms with van der Waals surface area (Å²) in [5, 5.41) is 12.4. The van der Waals surface area contributed by atoms with Crippen LogP contribution in [0.4, 0.5) is 5.82 Å². The Morgan fingerprint density at radius 3 is 2.92 bits per heavy atom. The summed E-state index contributed by atoms with van der Waals surface area (Å²) in [6, 6.07) is 3.90. The van der Waals surface area contributed by atoms with Gasteiger partial charge in [0.05, 0.1) is 25.2 Å². The summed E-state index contributed by atoms with van der Waals surface area (Å²) >= 11 is 0. The second kappa shape index (κ2) is 3.40.